The molecule has 0 bridgehead atoms. The van der Waals surface area contributed by atoms with Gasteiger partial charge < -0.3 is 5.11 Å². The number of non-ortho nitro benzene ring substituents is 1. The Morgan fingerprint density at radius 3 is 2.65 bits per heavy atom. The van der Waals surface area contributed by atoms with Gasteiger partial charge in [0, 0.05) is 12.1 Å². The predicted octanol–water partition coefficient (Wildman–Crippen LogP) is 2.87. The highest BCUT2D eigenvalue weighted by Crippen LogP contribution is 2.29. The third kappa shape index (κ3) is 3.30. The summed E-state index contributed by atoms with van der Waals surface area (Å²) in [5.74, 6) is -0.316. The van der Waals surface area contributed by atoms with Crippen molar-refractivity contribution in [2.75, 3.05) is 0 Å². The van der Waals surface area contributed by atoms with Crippen LogP contribution in [0.2, 0.25) is 0 Å². The minimum Gasteiger partial charge on any atom is -0.382 e. The Labute approximate surface area is 117 Å². The van der Waals surface area contributed by atoms with Crippen molar-refractivity contribution < 1.29 is 14.8 Å². The fraction of sp³-hybridized carbons (Fsp3) is 0.400. The summed E-state index contributed by atoms with van der Waals surface area (Å²) in [6.45, 7) is 0. The van der Waals surface area contributed by atoms with Crippen molar-refractivity contribution in [3.63, 3.8) is 0 Å². The minimum absolute atomic E-state index is 0.0176. The molecular weight excluding hydrogens is 258 g/mol. The van der Waals surface area contributed by atoms with Gasteiger partial charge in [-0.3, -0.25) is 14.9 Å². The molecule has 0 unspecified atom stereocenters. The van der Waals surface area contributed by atoms with Crippen LogP contribution in [0.5, 0.6) is 0 Å². The quantitative estimate of drug-likeness (QED) is 0.520. The summed E-state index contributed by atoms with van der Waals surface area (Å²) in [5, 5.41) is 20.9. The number of benzene rings is 1. The zero-order valence-corrected chi connectivity index (χ0v) is 11.1. The molecule has 0 heterocycles. The van der Waals surface area contributed by atoms with E-state index < -0.39 is 10.5 Å². The Morgan fingerprint density at radius 2 is 2.00 bits per heavy atom. The molecule has 1 aromatic carbocycles. The van der Waals surface area contributed by atoms with Gasteiger partial charge in [-0.2, -0.15) is 0 Å². The Morgan fingerprint density at radius 1 is 1.30 bits per heavy atom. The molecule has 5 heteroatoms. The van der Waals surface area contributed by atoms with E-state index in [9.17, 15) is 20.0 Å². The highest BCUT2D eigenvalue weighted by Gasteiger charge is 2.35. The van der Waals surface area contributed by atoms with Gasteiger partial charge in [-0.25, -0.2) is 0 Å². The molecule has 0 aliphatic heterocycles. The van der Waals surface area contributed by atoms with E-state index in [1.165, 1.54) is 24.3 Å². The molecule has 0 aromatic heterocycles. The molecule has 1 aliphatic rings. The van der Waals surface area contributed by atoms with Gasteiger partial charge in [0.05, 0.1) is 4.92 Å². The number of aliphatic hydroxyl groups is 1. The highest BCUT2D eigenvalue weighted by atomic mass is 16.6. The van der Waals surface area contributed by atoms with E-state index >= 15 is 0 Å². The SMILES string of the molecule is O=C(/C=C/c1cccc([N+](=O)[O-])c1)C1(O)CCCCC1. The van der Waals surface area contributed by atoms with Crippen LogP contribution in [-0.2, 0) is 4.79 Å². The number of carbonyl (C=O) groups excluding carboxylic acids is 1. The molecular formula is C15H17NO4. The minimum atomic E-state index is -1.25. The lowest BCUT2D eigenvalue weighted by Gasteiger charge is -2.29. The largest absolute Gasteiger partial charge is 0.382 e. The van der Waals surface area contributed by atoms with Crippen molar-refractivity contribution in [2.45, 2.75) is 37.7 Å². The average molecular weight is 275 g/mol. The standard InChI is InChI=1S/C15H17NO4/c17-14(15(18)9-2-1-3-10-15)8-7-12-5-4-6-13(11-12)16(19)20/h4-8,11,18H,1-3,9-10H2/b8-7+. The predicted molar refractivity (Wildman–Crippen MR) is 75.2 cm³/mol. The molecule has 0 atom stereocenters. The van der Waals surface area contributed by atoms with Crippen LogP contribution in [0.4, 0.5) is 5.69 Å². The summed E-state index contributed by atoms with van der Waals surface area (Å²) in [6, 6.07) is 6.04. The highest BCUT2D eigenvalue weighted by molar-refractivity contribution is 5.99. The van der Waals surface area contributed by atoms with E-state index in [4.69, 9.17) is 0 Å². The molecule has 1 saturated carbocycles. The van der Waals surface area contributed by atoms with Crippen LogP contribution < -0.4 is 0 Å². The van der Waals surface area contributed by atoms with Crippen LogP contribution in [0.15, 0.2) is 30.3 Å². The van der Waals surface area contributed by atoms with Crippen LogP contribution in [-0.4, -0.2) is 21.4 Å². The molecule has 20 heavy (non-hydrogen) atoms. The maximum atomic E-state index is 12.0. The molecule has 5 nitrogen and oxygen atoms in total. The van der Waals surface area contributed by atoms with Crippen LogP contribution >= 0.6 is 0 Å². The van der Waals surface area contributed by atoms with Gasteiger partial charge in [0.15, 0.2) is 5.78 Å². The summed E-state index contributed by atoms with van der Waals surface area (Å²) in [5.41, 5.74) is -0.696. The third-order valence-electron chi connectivity index (χ3n) is 3.65. The molecule has 1 aliphatic carbocycles. The normalized spacial score (nSPS) is 18.1. The fourth-order valence-corrected chi connectivity index (χ4v) is 2.45. The van der Waals surface area contributed by atoms with Gasteiger partial charge >= 0.3 is 0 Å². The molecule has 0 radical (unpaired) electrons. The van der Waals surface area contributed by atoms with Crippen LogP contribution in [0, 0.1) is 10.1 Å². The maximum Gasteiger partial charge on any atom is 0.270 e. The molecule has 1 N–H and O–H groups in total. The Balaban J connectivity index is 2.10. The molecule has 0 saturated heterocycles. The molecule has 2 rings (SSSR count). The topological polar surface area (TPSA) is 80.4 Å². The van der Waals surface area contributed by atoms with Gasteiger partial charge in [0.2, 0.25) is 0 Å². The van der Waals surface area contributed by atoms with E-state index in [0.29, 0.717) is 18.4 Å². The van der Waals surface area contributed by atoms with Crippen molar-refractivity contribution >= 4 is 17.5 Å². The molecule has 106 valence electrons. The van der Waals surface area contributed by atoms with Gasteiger partial charge in [-0.05, 0) is 24.5 Å². The van der Waals surface area contributed by atoms with E-state index in [-0.39, 0.29) is 11.5 Å². The molecule has 1 fully saturated rings. The van der Waals surface area contributed by atoms with Gasteiger partial charge in [0.1, 0.15) is 5.60 Å². The molecule has 1 aromatic rings. The van der Waals surface area contributed by atoms with Crippen LogP contribution in [0.25, 0.3) is 6.08 Å². The number of hydrogen-bond acceptors (Lipinski definition) is 4. The fourth-order valence-electron chi connectivity index (χ4n) is 2.45. The Bertz CT molecular complexity index is 545. The smallest absolute Gasteiger partial charge is 0.270 e. The lowest BCUT2D eigenvalue weighted by molar-refractivity contribution is -0.384. The van der Waals surface area contributed by atoms with Crippen molar-refractivity contribution in [1.82, 2.24) is 0 Å². The number of nitrogens with zero attached hydrogens (tertiary/aromatic N) is 1. The summed E-state index contributed by atoms with van der Waals surface area (Å²) >= 11 is 0. The number of carbonyl (C=O) groups is 1. The van der Waals surface area contributed by atoms with Crippen LogP contribution in [0.3, 0.4) is 0 Å². The maximum absolute atomic E-state index is 12.0. The first-order chi connectivity index (χ1) is 9.51. The van der Waals surface area contributed by atoms with Crippen molar-refractivity contribution in [2.24, 2.45) is 0 Å². The Kier molecular flexibility index (Phi) is 4.29. The van der Waals surface area contributed by atoms with E-state index in [0.717, 1.165) is 19.3 Å². The number of nitro groups is 1. The zero-order valence-electron chi connectivity index (χ0n) is 11.1. The molecule has 0 amide bonds. The number of nitro benzene ring substituents is 1. The monoisotopic (exact) mass is 275 g/mol. The van der Waals surface area contributed by atoms with Gasteiger partial charge in [-0.15, -0.1) is 0 Å². The van der Waals surface area contributed by atoms with Crippen molar-refractivity contribution in [1.29, 1.82) is 0 Å². The Hall–Kier alpha value is -2.01. The second-order valence-electron chi connectivity index (χ2n) is 5.14. The summed E-state index contributed by atoms with van der Waals surface area (Å²) < 4.78 is 0. The zero-order chi connectivity index (χ0) is 14.6. The molecule has 0 spiro atoms. The lowest BCUT2D eigenvalue weighted by atomic mass is 9.81. The van der Waals surface area contributed by atoms with Gasteiger partial charge in [-0.1, -0.05) is 37.5 Å². The van der Waals surface area contributed by atoms with Crippen LogP contribution in [0.1, 0.15) is 37.7 Å². The summed E-state index contributed by atoms with van der Waals surface area (Å²) in [7, 11) is 0. The number of rotatable bonds is 4. The average Bonchev–Trinajstić information content (AvgIpc) is 2.45. The van der Waals surface area contributed by atoms with E-state index in [1.54, 1.807) is 12.1 Å². The van der Waals surface area contributed by atoms with E-state index in [1.807, 2.05) is 0 Å². The first-order valence-electron chi connectivity index (χ1n) is 6.71. The summed E-state index contributed by atoms with van der Waals surface area (Å²) in [4.78, 5) is 22.2. The second kappa shape index (κ2) is 5.96. The lowest BCUT2D eigenvalue weighted by Crippen LogP contribution is -2.39. The second-order valence-corrected chi connectivity index (χ2v) is 5.14. The van der Waals surface area contributed by atoms with Crippen molar-refractivity contribution in [3.05, 3.63) is 46.0 Å². The first kappa shape index (κ1) is 14.4. The van der Waals surface area contributed by atoms with Gasteiger partial charge in [0.25, 0.3) is 5.69 Å². The number of hydrogen-bond donors (Lipinski definition) is 1. The van der Waals surface area contributed by atoms with E-state index in [2.05, 4.69) is 0 Å². The third-order valence-corrected chi connectivity index (χ3v) is 3.65. The summed E-state index contributed by atoms with van der Waals surface area (Å²) in [6.07, 6.45) is 6.58. The van der Waals surface area contributed by atoms with Crippen molar-refractivity contribution in [3.8, 4) is 0 Å². The first-order valence-corrected chi connectivity index (χ1v) is 6.71. The number of ketones is 1.